The van der Waals surface area contributed by atoms with E-state index in [1.165, 1.54) is 12.1 Å². The highest BCUT2D eigenvalue weighted by molar-refractivity contribution is 5.69. The quantitative estimate of drug-likeness (QED) is 0.739. The van der Waals surface area contributed by atoms with Gasteiger partial charge in [-0.15, -0.1) is 0 Å². The van der Waals surface area contributed by atoms with Crippen LogP contribution in [0.2, 0.25) is 0 Å². The van der Waals surface area contributed by atoms with Gasteiger partial charge in [-0.2, -0.15) is 0 Å². The number of ether oxygens (including phenoxy) is 1. The molecule has 0 radical (unpaired) electrons. The summed E-state index contributed by atoms with van der Waals surface area (Å²) in [6.45, 7) is 5.43. The molecule has 1 rings (SSSR count). The molecule has 4 heteroatoms. The number of carbonyl (C=O) groups is 1. The maximum Gasteiger partial charge on any atom is 0.306 e. The molecule has 0 atom stereocenters. The molecule has 1 aromatic rings. The largest absolute Gasteiger partial charge is 0.466 e. The van der Waals surface area contributed by atoms with Crippen molar-refractivity contribution < 1.29 is 18.3 Å². The van der Waals surface area contributed by atoms with Crippen LogP contribution in [-0.4, -0.2) is 12.6 Å². The third kappa shape index (κ3) is 3.66. The maximum atomic E-state index is 13.2. The first-order valence-corrected chi connectivity index (χ1v) is 5.34. The summed E-state index contributed by atoms with van der Waals surface area (Å²) in [6.07, 6.45) is 1.71. The van der Waals surface area contributed by atoms with Crippen LogP contribution in [0.3, 0.4) is 0 Å². The molecule has 0 aromatic heterocycles. The SMILES string of the molecule is C=Cc1cc(CCC(=O)OCC)cc(F)c1F. The Balaban J connectivity index is 2.75. The molecular formula is C13H14F2O2. The first-order chi connectivity index (χ1) is 8.08. The Morgan fingerprint density at radius 1 is 1.47 bits per heavy atom. The lowest BCUT2D eigenvalue weighted by atomic mass is 10.1. The summed E-state index contributed by atoms with van der Waals surface area (Å²) in [7, 11) is 0. The minimum absolute atomic E-state index is 0.101. The van der Waals surface area contributed by atoms with Gasteiger partial charge < -0.3 is 4.74 Å². The molecule has 0 unspecified atom stereocenters. The highest BCUT2D eigenvalue weighted by Crippen LogP contribution is 2.17. The Kier molecular flexibility index (Phi) is 4.82. The first kappa shape index (κ1) is 13.4. The van der Waals surface area contributed by atoms with Gasteiger partial charge in [-0.3, -0.25) is 4.79 Å². The van der Waals surface area contributed by atoms with Crippen LogP contribution < -0.4 is 0 Å². The molecule has 0 saturated heterocycles. The molecule has 2 nitrogen and oxygen atoms in total. The van der Waals surface area contributed by atoms with E-state index in [-0.39, 0.29) is 18.0 Å². The van der Waals surface area contributed by atoms with Gasteiger partial charge in [0.05, 0.1) is 6.61 Å². The fraction of sp³-hybridized carbons (Fsp3) is 0.308. The van der Waals surface area contributed by atoms with Crippen LogP contribution in [0.1, 0.15) is 24.5 Å². The molecule has 0 amide bonds. The zero-order chi connectivity index (χ0) is 12.8. The third-order valence-corrected chi connectivity index (χ3v) is 2.26. The zero-order valence-electron chi connectivity index (χ0n) is 9.63. The summed E-state index contributed by atoms with van der Waals surface area (Å²) in [6, 6.07) is 2.56. The van der Waals surface area contributed by atoms with E-state index in [2.05, 4.69) is 6.58 Å². The highest BCUT2D eigenvalue weighted by Gasteiger charge is 2.10. The van der Waals surface area contributed by atoms with E-state index in [1.807, 2.05) is 0 Å². The number of hydrogen-bond donors (Lipinski definition) is 0. The number of aryl methyl sites for hydroxylation is 1. The van der Waals surface area contributed by atoms with Crippen LogP contribution >= 0.6 is 0 Å². The second kappa shape index (κ2) is 6.13. The molecule has 0 bridgehead atoms. The zero-order valence-corrected chi connectivity index (χ0v) is 9.63. The molecule has 0 saturated carbocycles. The van der Waals surface area contributed by atoms with Gasteiger partial charge in [0.2, 0.25) is 0 Å². The minimum atomic E-state index is -0.929. The lowest BCUT2D eigenvalue weighted by molar-refractivity contribution is -0.143. The molecule has 0 aliphatic heterocycles. The average molecular weight is 240 g/mol. The van der Waals surface area contributed by atoms with E-state index in [0.717, 1.165) is 6.07 Å². The first-order valence-electron chi connectivity index (χ1n) is 5.34. The van der Waals surface area contributed by atoms with Crippen LogP contribution in [0.25, 0.3) is 6.08 Å². The van der Waals surface area contributed by atoms with Crippen molar-refractivity contribution in [2.24, 2.45) is 0 Å². The van der Waals surface area contributed by atoms with Crippen molar-refractivity contribution in [1.82, 2.24) is 0 Å². The van der Waals surface area contributed by atoms with E-state index in [9.17, 15) is 13.6 Å². The van der Waals surface area contributed by atoms with E-state index < -0.39 is 11.6 Å². The van der Waals surface area contributed by atoms with Gasteiger partial charge in [-0.05, 0) is 31.0 Å². The van der Waals surface area contributed by atoms with Crippen molar-refractivity contribution >= 4 is 12.0 Å². The van der Waals surface area contributed by atoms with E-state index in [4.69, 9.17) is 4.74 Å². The van der Waals surface area contributed by atoms with Crippen LogP contribution in [-0.2, 0) is 16.0 Å². The van der Waals surface area contributed by atoms with E-state index in [1.54, 1.807) is 6.92 Å². The predicted octanol–water partition coefficient (Wildman–Crippen LogP) is 3.10. The molecule has 0 heterocycles. The molecule has 0 aliphatic rings. The topological polar surface area (TPSA) is 26.3 Å². The average Bonchev–Trinajstić information content (AvgIpc) is 2.31. The molecule has 0 aliphatic carbocycles. The summed E-state index contributed by atoms with van der Waals surface area (Å²) in [5.41, 5.74) is 0.649. The molecule has 0 spiro atoms. The standard InChI is InChI=1S/C13H14F2O2/c1-3-10-7-9(8-11(14)13(10)15)5-6-12(16)17-4-2/h3,7-8H,1,4-6H2,2H3. The van der Waals surface area contributed by atoms with Crippen molar-refractivity contribution in [3.63, 3.8) is 0 Å². The third-order valence-electron chi connectivity index (χ3n) is 2.26. The number of halogens is 2. The Morgan fingerprint density at radius 2 is 2.18 bits per heavy atom. The molecular weight excluding hydrogens is 226 g/mol. The minimum Gasteiger partial charge on any atom is -0.466 e. The van der Waals surface area contributed by atoms with Crippen molar-refractivity contribution in [3.8, 4) is 0 Å². The van der Waals surface area contributed by atoms with Gasteiger partial charge in [-0.25, -0.2) is 8.78 Å². The molecule has 1 aromatic carbocycles. The molecule has 17 heavy (non-hydrogen) atoms. The second-order valence-electron chi connectivity index (χ2n) is 3.49. The number of benzene rings is 1. The molecule has 92 valence electrons. The molecule has 0 fully saturated rings. The number of esters is 1. The lowest BCUT2D eigenvalue weighted by Gasteiger charge is -2.05. The Hall–Kier alpha value is -1.71. The van der Waals surface area contributed by atoms with E-state index in [0.29, 0.717) is 18.6 Å². The van der Waals surface area contributed by atoms with Crippen molar-refractivity contribution in [2.45, 2.75) is 19.8 Å². The monoisotopic (exact) mass is 240 g/mol. The smallest absolute Gasteiger partial charge is 0.306 e. The summed E-state index contributed by atoms with van der Waals surface area (Å²) < 4.78 is 31.1. The van der Waals surface area contributed by atoms with Crippen LogP contribution in [0.5, 0.6) is 0 Å². The fourth-order valence-electron chi connectivity index (χ4n) is 1.44. The van der Waals surface area contributed by atoms with Gasteiger partial charge in [0.25, 0.3) is 0 Å². The highest BCUT2D eigenvalue weighted by atomic mass is 19.2. The Labute approximate surface area is 98.9 Å². The second-order valence-corrected chi connectivity index (χ2v) is 3.49. The summed E-state index contributed by atoms with van der Waals surface area (Å²) in [5, 5.41) is 0. The maximum absolute atomic E-state index is 13.2. The fourth-order valence-corrected chi connectivity index (χ4v) is 1.44. The summed E-state index contributed by atoms with van der Waals surface area (Å²) in [5.74, 6) is -2.20. The van der Waals surface area contributed by atoms with Gasteiger partial charge in [0.15, 0.2) is 11.6 Å². The van der Waals surface area contributed by atoms with Crippen molar-refractivity contribution in [3.05, 3.63) is 41.5 Å². The van der Waals surface area contributed by atoms with E-state index >= 15 is 0 Å². The number of carbonyl (C=O) groups excluding carboxylic acids is 1. The number of hydrogen-bond acceptors (Lipinski definition) is 2. The lowest BCUT2D eigenvalue weighted by Crippen LogP contribution is -2.05. The Bertz CT molecular complexity index is 428. The van der Waals surface area contributed by atoms with Crippen molar-refractivity contribution in [1.29, 1.82) is 0 Å². The van der Waals surface area contributed by atoms with Crippen LogP contribution in [0.15, 0.2) is 18.7 Å². The summed E-state index contributed by atoms with van der Waals surface area (Å²) in [4.78, 5) is 11.1. The summed E-state index contributed by atoms with van der Waals surface area (Å²) >= 11 is 0. The van der Waals surface area contributed by atoms with Gasteiger partial charge in [-0.1, -0.05) is 12.7 Å². The van der Waals surface area contributed by atoms with Crippen LogP contribution in [0, 0.1) is 11.6 Å². The van der Waals surface area contributed by atoms with Gasteiger partial charge in [0.1, 0.15) is 0 Å². The predicted molar refractivity (Wildman–Crippen MR) is 61.4 cm³/mol. The van der Waals surface area contributed by atoms with Gasteiger partial charge in [0, 0.05) is 12.0 Å². The number of rotatable bonds is 5. The van der Waals surface area contributed by atoms with Gasteiger partial charge >= 0.3 is 5.97 Å². The van der Waals surface area contributed by atoms with Crippen LogP contribution in [0.4, 0.5) is 8.78 Å². The normalized spacial score (nSPS) is 10.1. The Morgan fingerprint density at radius 3 is 2.76 bits per heavy atom. The van der Waals surface area contributed by atoms with Crippen molar-refractivity contribution in [2.75, 3.05) is 6.61 Å². The molecule has 0 N–H and O–H groups in total.